The molecule has 6 heteroatoms. The summed E-state index contributed by atoms with van der Waals surface area (Å²) in [7, 11) is 0. The molecule has 17 heavy (non-hydrogen) atoms. The number of aliphatic carboxylic acids is 1. The summed E-state index contributed by atoms with van der Waals surface area (Å²) in [6, 6.07) is 3.54. The molecule has 94 valence electrons. The number of rotatable bonds is 4. The molecule has 1 fully saturated rings. The van der Waals surface area contributed by atoms with Gasteiger partial charge in [0.2, 0.25) is 0 Å². The summed E-state index contributed by atoms with van der Waals surface area (Å²) in [4.78, 5) is 14.2. The van der Waals surface area contributed by atoms with Crippen molar-refractivity contribution in [3.05, 3.63) is 21.3 Å². The highest BCUT2D eigenvalue weighted by Crippen LogP contribution is 2.29. The zero-order valence-corrected chi connectivity index (χ0v) is 10.8. The van der Waals surface area contributed by atoms with Gasteiger partial charge in [0.05, 0.1) is 17.6 Å². The van der Waals surface area contributed by atoms with E-state index in [1.54, 1.807) is 12.1 Å². The highest BCUT2D eigenvalue weighted by Gasteiger charge is 2.25. The molecule has 1 atom stereocenters. The normalized spacial score (nSPS) is 19.1. The fourth-order valence-electron chi connectivity index (χ4n) is 1.85. The van der Waals surface area contributed by atoms with Crippen molar-refractivity contribution in [1.29, 1.82) is 0 Å². The van der Waals surface area contributed by atoms with Gasteiger partial charge in [0.1, 0.15) is 5.92 Å². The quantitative estimate of drug-likeness (QED) is 0.912. The summed E-state index contributed by atoms with van der Waals surface area (Å²) in [5.41, 5.74) is 0. The molecule has 2 heterocycles. The Morgan fingerprint density at radius 1 is 1.53 bits per heavy atom. The van der Waals surface area contributed by atoms with Crippen LogP contribution in [0.4, 0.5) is 0 Å². The van der Waals surface area contributed by atoms with Crippen molar-refractivity contribution in [2.45, 2.75) is 5.92 Å². The average molecular weight is 276 g/mol. The molecule has 1 unspecified atom stereocenters. The Morgan fingerprint density at radius 2 is 2.24 bits per heavy atom. The molecule has 0 aromatic carbocycles. The van der Waals surface area contributed by atoms with Gasteiger partial charge in [0.15, 0.2) is 0 Å². The predicted octanol–water partition coefficient (Wildman–Crippen LogP) is 1.90. The Hall–Kier alpha value is -0.620. The van der Waals surface area contributed by atoms with Gasteiger partial charge in [-0.05, 0) is 12.1 Å². The van der Waals surface area contributed by atoms with E-state index >= 15 is 0 Å². The number of carboxylic acids is 1. The van der Waals surface area contributed by atoms with Gasteiger partial charge in [-0.25, -0.2) is 0 Å². The van der Waals surface area contributed by atoms with Gasteiger partial charge in [-0.1, -0.05) is 11.6 Å². The fourth-order valence-corrected chi connectivity index (χ4v) is 2.99. The van der Waals surface area contributed by atoms with Crippen LogP contribution in [0.2, 0.25) is 4.34 Å². The van der Waals surface area contributed by atoms with Crippen LogP contribution in [0.3, 0.4) is 0 Å². The number of hydrogen-bond donors (Lipinski definition) is 1. The zero-order valence-electron chi connectivity index (χ0n) is 9.26. The molecule has 0 aliphatic carbocycles. The lowest BCUT2D eigenvalue weighted by atomic mass is 10.1. The number of carboxylic acid groups (broad SMARTS) is 1. The molecular formula is C11H14ClNO3S. The van der Waals surface area contributed by atoms with Gasteiger partial charge in [0, 0.05) is 24.5 Å². The van der Waals surface area contributed by atoms with E-state index in [1.807, 2.05) is 0 Å². The van der Waals surface area contributed by atoms with Crippen LogP contribution in [0.25, 0.3) is 0 Å². The van der Waals surface area contributed by atoms with Gasteiger partial charge >= 0.3 is 5.97 Å². The largest absolute Gasteiger partial charge is 0.481 e. The van der Waals surface area contributed by atoms with E-state index in [1.165, 1.54) is 11.3 Å². The Bertz CT molecular complexity index is 390. The van der Waals surface area contributed by atoms with Crippen LogP contribution in [0.1, 0.15) is 10.8 Å². The molecule has 1 aromatic rings. The third-order valence-electron chi connectivity index (χ3n) is 2.78. The van der Waals surface area contributed by atoms with E-state index < -0.39 is 11.9 Å². The van der Waals surface area contributed by atoms with Crippen LogP contribution in [0.5, 0.6) is 0 Å². The average Bonchev–Trinajstić information content (AvgIpc) is 2.73. The molecule has 0 amide bonds. The molecule has 0 saturated carbocycles. The maximum absolute atomic E-state index is 11.3. The summed E-state index contributed by atoms with van der Waals surface area (Å²) in [6.07, 6.45) is 0. The third-order valence-corrected chi connectivity index (χ3v) is 4.12. The highest BCUT2D eigenvalue weighted by atomic mass is 35.5. The fraction of sp³-hybridized carbons (Fsp3) is 0.545. The maximum atomic E-state index is 11.3. The second-order valence-electron chi connectivity index (χ2n) is 3.95. The minimum atomic E-state index is -0.796. The Balaban J connectivity index is 2.04. The van der Waals surface area contributed by atoms with Gasteiger partial charge < -0.3 is 9.84 Å². The van der Waals surface area contributed by atoms with Crippen LogP contribution in [-0.2, 0) is 9.53 Å². The number of thiophene rings is 1. The van der Waals surface area contributed by atoms with Crippen molar-refractivity contribution in [3.63, 3.8) is 0 Å². The van der Waals surface area contributed by atoms with Crippen molar-refractivity contribution < 1.29 is 14.6 Å². The molecule has 2 rings (SSSR count). The van der Waals surface area contributed by atoms with Crippen LogP contribution < -0.4 is 0 Å². The smallest absolute Gasteiger partial charge is 0.313 e. The summed E-state index contributed by atoms with van der Waals surface area (Å²) in [5, 5.41) is 9.27. The zero-order chi connectivity index (χ0) is 12.3. The number of ether oxygens (including phenoxy) is 1. The number of carbonyl (C=O) groups is 1. The molecular weight excluding hydrogens is 262 g/mol. The molecule has 4 nitrogen and oxygen atoms in total. The van der Waals surface area contributed by atoms with Crippen molar-refractivity contribution in [2.75, 3.05) is 32.8 Å². The lowest BCUT2D eigenvalue weighted by Crippen LogP contribution is -2.40. The number of halogens is 1. The second-order valence-corrected chi connectivity index (χ2v) is 5.69. The number of nitrogens with zero attached hydrogens (tertiary/aromatic N) is 1. The Labute approximate surface area is 109 Å². The third kappa shape index (κ3) is 3.42. The summed E-state index contributed by atoms with van der Waals surface area (Å²) in [6.45, 7) is 3.47. The first-order valence-corrected chi connectivity index (χ1v) is 6.64. The van der Waals surface area contributed by atoms with E-state index in [4.69, 9.17) is 16.3 Å². The van der Waals surface area contributed by atoms with Crippen LogP contribution in [0, 0.1) is 0 Å². The number of hydrogen-bond acceptors (Lipinski definition) is 4. The molecule has 0 radical (unpaired) electrons. The minimum absolute atomic E-state index is 0.495. The molecule has 1 aliphatic rings. The van der Waals surface area contributed by atoms with Crippen LogP contribution in [0.15, 0.2) is 12.1 Å². The number of morpholine rings is 1. The topological polar surface area (TPSA) is 49.8 Å². The van der Waals surface area contributed by atoms with E-state index in [-0.39, 0.29) is 0 Å². The van der Waals surface area contributed by atoms with Crippen molar-refractivity contribution in [2.24, 2.45) is 0 Å². The van der Waals surface area contributed by atoms with Gasteiger partial charge in [-0.2, -0.15) is 0 Å². The summed E-state index contributed by atoms with van der Waals surface area (Å²) in [5.74, 6) is -1.29. The Kier molecular flexibility index (Phi) is 4.39. The van der Waals surface area contributed by atoms with E-state index in [0.29, 0.717) is 24.1 Å². The van der Waals surface area contributed by atoms with E-state index in [9.17, 15) is 9.90 Å². The lowest BCUT2D eigenvalue weighted by molar-refractivity contribution is -0.139. The van der Waals surface area contributed by atoms with Gasteiger partial charge in [-0.15, -0.1) is 11.3 Å². The SMILES string of the molecule is O=C(O)C(CN1CCOCC1)c1ccc(Cl)s1. The molecule has 0 spiro atoms. The van der Waals surface area contributed by atoms with Crippen molar-refractivity contribution in [3.8, 4) is 0 Å². The summed E-state index contributed by atoms with van der Waals surface area (Å²) >= 11 is 7.18. The van der Waals surface area contributed by atoms with E-state index in [0.717, 1.165) is 18.0 Å². The van der Waals surface area contributed by atoms with Crippen molar-refractivity contribution in [1.82, 2.24) is 4.90 Å². The highest BCUT2D eigenvalue weighted by molar-refractivity contribution is 7.16. The van der Waals surface area contributed by atoms with Crippen LogP contribution >= 0.6 is 22.9 Å². The predicted molar refractivity (Wildman–Crippen MR) is 67.0 cm³/mol. The molecule has 1 N–H and O–H groups in total. The first-order valence-electron chi connectivity index (χ1n) is 5.45. The minimum Gasteiger partial charge on any atom is -0.481 e. The molecule has 1 aliphatic heterocycles. The Morgan fingerprint density at radius 3 is 2.76 bits per heavy atom. The standard InChI is InChI=1S/C11H14ClNO3S/c12-10-2-1-9(17-10)8(11(14)15)7-13-3-5-16-6-4-13/h1-2,8H,3-7H2,(H,14,15). The maximum Gasteiger partial charge on any atom is 0.313 e. The molecule has 1 aromatic heterocycles. The van der Waals surface area contributed by atoms with Gasteiger partial charge in [-0.3, -0.25) is 9.69 Å². The molecule has 1 saturated heterocycles. The summed E-state index contributed by atoms with van der Waals surface area (Å²) < 4.78 is 5.88. The second kappa shape index (κ2) is 5.82. The lowest BCUT2D eigenvalue weighted by Gasteiger charge is -2.28. The monoisotopic (exact) mass is 275 g/mol. The van der Waals surface area contributed by atoms with Crippen LogP contribution in [-0.4, -0.2) is 48.8 Å². The van der Waals surface area contributed by atoms with Crippen molar-refractivity contribution >= 4 is 28.9 Å². The van der Waals surface area contributed by atoms with Gasteiger partial charge in [0.25, 0.3) is 0 Å². The molecule has 0 bridgehead atoms. The first kappa shape index (κ1) is 12.8. The first-order chi connectivity index (χ1) is 8.16. The van der Waals surface area contributed by atoms with E-state index in [2.05, 4.69) is 4.90 Å².